The van der Waals surface area contributed by atoms with Gasteiger partial charge < -0.3 is 0 Å². The molecule has 0 fully saturated rings. The fourth-order valence-corrected chi connectivity index (χ4v) is 3.07. The molecule has 0 aliphatic rings. The van der Waals surface area contributed by atoms with Gasteiger partial charge in [0.2, 0.25) is 0 Å². The number of benzene rings is 2. The molecule has 0 spiro atoms. The Morgan fingerprint density at radius 2 is 1.85 bits per heavy atom. The Balaban J connectivity index is 2.31. The van der Waals surface area contributed by atoms with Gasteiger partial charge in [-0.05, 0) is 42.2 Å². The van der Waals surface area contributed by atoms with E-state index in [4.69, 9.17) is 11.6 Å². The van der Waals surface area contributed by atoms with Gasteiger partial charge >= 0.3 is 0 Å². The molecule has 0 saturated carbocycles. The van der Waals surface area contributed by atoms with Crippen molar-refractivity contribution in [2.45, 2.75) is 18.2 Å². The maximum atomic E-state index is 13.6. The first-order chi connectivity index (χ1) is 9.40. The van der Waals surface area contributed by atoms with Crippen molar-refractivity contribution in [3.63, 3.8) is 0 Å². The molecule has 0 bridgehead atoms. The molecule has 1 unspecified atom stereocenters. The summed E-state index contributed by atoms with van der Waals surface area (Å²) in [5.74, 6) is -2.15. The summed E-state index contributed by atoms with van der Waals surface area (Å²) in [6.45, 7) is 1.62. The van der Waals surface area contributed by atoms with Crippen LogP contribution in [0.5, 0.6) is 0 Å². The second kappa shape index (κ2) is 6.19. The first kappa shape index (κ1) is 15.4. The highest BCUT2D eigenvalue weighted by Gasteiger charge is 2.17. The minimum absolute atomic E-state index is 0.217. The van der Waals surface area contributed by atoms with E-state index in [2.05, 4.69) is 15.9 Å². The van der Waals surface area contributed by atoms with Crippen LogP contribution in [0.15, 0.2) is 30.3 Å². The summed E-state index contributed by atoms with van der Waals surface area (Å²) in [5.41, 5.74) is 1.34. The van der Waals surface area contributed by atoms with Crippen LogP contribution in [-0.2, 0) is 6.42 Å². The minimum Gasteiger partial charge on any atom is -0.207 e. The lowest BCUT2D eigenvalue weighted by atomic mass is 10.0. The number of halogens is 5. The van der Waals surface area contributed by atoms with E-state index in [1.807, 2.05) is 0 Å². The van der Waals surface area contributed by atoms with Crippen LogP contribution in [-0.4, -0.2) is 0 Å². The van der Waals surface area contributed by atoms with E-state index in [-0.39, 0.29) is 21.8 Å². The summed E-state index contributed by atoms with van der Waals surface area (Å²) in [4.78, 5) is -0.328. The van der Waals surface area contributed by atoms with Crippen molar-refractivity contribution < 1.29 is 13.2 Å². The smallest absolute Gasteiger partial charge is 0.162 e. The van der Waals surface area contributed by atoms with Crippen LogP contribution < -0.4 is 0 Å². The molecule has 1 atom stereocenters. The van der Waals surface area contributed by atoms with Crippen LogP contribution in [0.1, 0.15) is 21.5 Å². The molecule has 0 heterocycles. The molecule has 0 radical (unpaired) electrons. The number of alkyl halides is 1. The van der Waals surface area contributed by atoms with E-state index in [0.29, 0.717) is 11.1 Å². The average Bonchev–Trinajstić information content (AvgIpc) is 2.39. The van der Waals surface area contributed by atoms with Gasteiger partial charge in [-0.3, -0.25) is 0 Å². The fraction of sp³-hybridized carbons (Fsp3) is 0.200. The lowest BCUT2D eigenvalue weighted by molar-refractivity contribution is 0.498. The molecule has 0 saturated heterocycles. The van der Waals surface area contributed by atoms with Gasteiger partial charge in [0.15, 0.2) is 11.6 Å². The Bertz CT molecular complexity index is 643. The van der Waals surface area contributed by atoms with Crippen molar-refractivity contribution in [3.05, 3.63) is 69.5 Å². The topological polar surface area (TPSA) is 0 Å². The lowest BCUT2D eigenvalue weighted by Crippen LogP contribution is -2.01. The van der Waals surface area contributed by atoms with Gasteiger partial charge in [-0.25, -0.2) is 13.2 Å². The zero-order chi connectivity index (χ0) is 14.9. The Kier molecular flexibility index (Phi) is 4.76. The minimum atomic E-state index is -0.886. The molecule has 106 valence electrons. The fourth-order valence-electron chi connectivity index (χ4n) is 1.93. The third-order valence-corrected chi connectivity index (χ3v) is 4.19. The highest BCUT2D eigenvalue weighted by molar-refractivity contribution is 9.09. The molecular formula is C15H11BrClF3. The Morgan fingerprint density at radius 3 is 2.55 bits per heavy atom. The summed E-state index contributed by atoms with van der Waals surface area (Å²) in [5, 5.41) is 0.256. The molecule has 0 aliphatic carbocycles. The summed E-state index contributed by atoms with van der Waals surface area (Å²) < 4.78 is 40.2. The Morgan fingerprint density at radius 1 is 1.15 bits per heavy atom. The number of hydrogen-bond acceptors (Lipinski definition) is 0. The molecule has 2 rings (SSSR count). The molecule has 2 aromatic carbocycles. The summed E-state index contributed by atoms with van der Waals surface area (Å²) in [6, 6.07) is 6.86. The van der Waals surface area contributed by atoms with Gasteiger partial charge in [0.1, 0.15) is 5.82 Å². The summed E-state index contributed by atoms with van der Waals surface area (Å²) in [6.07, 6.45) is 0.217. The van der Waals surface area contributed by atoms with E-state index < -0.39 is 17.5 Å². The lowest BCUT2D eigenvalue weighted by Gasteiger charge is -2.14. The molecule has 0 N–H and O–H groups in total. The third kappa shape index (κ3) is 3.18. The number of rotatable bonds is 3. The molecule has 0 nitrogen and oxygen atoms in total. The van der Waals surface area contributed by atoms with Crippen molar-refractivity contribution in [1.82, 2.24) is 0 Å². The van der Waals surface area contributed by atoms with Crippen LogP contribution in [0.2, 0.25) is 5.02 Å². The van der Waals surface area contributed by atoms with Gasteiger partial charge in [-0.1, -0.05) is 45.7 Å². The number of hydrogen-bond donors (Lipinski definition) is 0. The predicted molar refractivity (Wildman–Crippen MR) is 77.9 cm³/mol. The van der Waals surface area contributed by atoms with Crippen molar-refractivity contribution in [2.24, 2.45) is 0 Å². The monoisotopic (exact) mass is 362 g/mol. The SMILES string of the molecule is Cc1cc(C(Br)Cc2cccc(F)c2F)c(Cl)cc1F. The summed E-state index contributed by atoms with van der Waals surface area (Å²) >= 11 is 9.39. The Labute approximate surface area is 128 Å². The van der Waals surface area contributed by atoms with Crippen LogP contribution in [0.4, 0.5) is 13.2 Å². The largest absolute Gasteiger partial charge is 0.207 e. The highest BCUT2D eigenvalue weighted by Crippen LogP contribution is 2.34. The van der Waals surface area contributed by atoms with Gasteiger partial charge in [0.25, 0.3) is 0 Å². The van der Waals surface area contributed by atoms with E-state index in [1.54, 1.807) is 13.0 Å². The van der Waals surface area contributed by atoms with E-state index >= 15 is 0 Å². The molecule has 2 aromatic rings. The quantitative estimate of drug-likeness (QED) is 0.610. The zero-order valence-corrected chi connectivity index (χ0v) is 12.9. The van der Waals surface area contributed by atoms with Gasteiger partial charge in [0.05, 0.1) is 0 Å². The zero-order valence-electron chi connectivity index (χ0n) is 10.6. The maximum absolute atomic E-state index is 13.6. The van der Waals surface area contributed by atoms with Gasteiger partial charge in [-0.15, -0.1) is 0 Å². The highest BCUT2D eigenvalue weighted by atomic mass is 79.9. The third-order valence-electron chi connectivity index (χ3n) is 3.05. The molecule has 0 amide bonds. The van der Waals surface area contributed by atoms with Gasteiger partial charge in [0, 0.05) is 9.85 Å². The molecule has 20 heavy (non-hydrogen) atoms. The Hall–Kier alpha value is -1.00. The molecule has 0 aromatic heterocycles. The van der Waals surface area contributed by atoms with Crippen molar-refractivity contribution in [1.29, 1.82) is 0 Å². The molecule has 0 aliphatic heterocycles. The molecule has 5 heteroatoms. The van der Waals surface area contributed by atoms with Crippen LogP contribution in [0, 0.1) is 24.4 Å². The van der Waals surface area contributed by atoms with Crippen LogP contribution in [0.3, 0.4) is 0 Å². The van der Waals surface area contributed by atoms with E-state index in [9.17, 15) is 13.2 Å². The second-order valence-corrected chi connectivity index (χ2v) is 6.02. The normalized spacial score (nSPS) is 12.5. The average molecular weight is 364 g/mol. The van der Waals surface area contributed by atoms with Crippen molar-refractivity contribution in [3.8, 4) is 0 Å². The second-order valence-electron chi connectivity index (χ2n) is 4.51. The van der Waals surface area contributed by atoms with Crippen molar-refractivity contribution >= 4 is 27.5 Å². The van der Waals surface area contributed by atoms with E-state index in [1.165, 1.54) is 18.2 Å². The molecular weight excluding hydrogens is 353 g/mol. The maximum Gasteiger partial charge on any atom is 0.162 e. The van der Waals surface area contributed by atoms with Gasteiger partial charge in [-0.2, -0.15) is 0 Å². The summed E-state index contributed by atoms with van der Waals surface area (Å²) in [7, 11) is 0. The van der Waals surface area contributed by atoms with E-state index in [0.717, 1.165) is 6.07 Å². The predicted octanol–water partition coefficient (Wildman–Crippen LogP) is 5.74. The number of aryl methyl sites for hydroxylation is 1. The van der Waals surface area contributed by atoms with Crippen LogP contribution in [0.25, 0.3) is 0 Å². The van der Waals surface area contributed by atoms with Crippen LogP contribution >= 0.6 is 27.5 Å². The first-order valence-corrected chi connectivity index (χ1v) is 7.22. The van der Waals surface area contributed by atoms with Crippen molar-refractivity contribution in [2.75, 3.05) is 0 Å². The first-order valence-electron chi connectivity index (χ1n) is 5.92. The standard InChI is InChI=1S/C15H11BrClF3/c1-8-5-10(12(17)7-14(8)19)11(16)6-9-3-2-4-13(18)15(9)20/h2-5,7,11H,6H2,1H3.